The van der Waals surface area contributed by atoms with E-state index in [1.54, 1.807) is 18.5 Å². The van der Waals surface area contributed by atoms with Gasteiger partial charge in [-0.05, 0) is 18.2 Å². The molecule has 1 amide bonds. The number of carbonyl (C=O) groups excluding carboxylic acids is 1. The number of anilines is 1. The first-order valence-corrected chi connectivity index (χ1v) is 6.01. The van der Waals surface area contributed by atoms with Gasteiger partial charge in [0.25, 0.3) is 0 Å². The third-order valence-electron chi connectivity index (χ3n) is 2.43. The van der Waals surface area contributed by atoms with Crippen molar-refractivity contribution in [3.05, 3.63) is 54.6 Å². The minimum Gasteiger partial charge on any atom is -0.369 e. The van der Waals surface area contributed by atoms with Gasteiger partial charge in [-0.1, -0.05) is 30.4 Å². The molecule has 0 bridgehead atoms. The number of primary amides is 1. The monoisotopic (exact) mass is 272 g/mol. The van der Waals surface area contributed by atoms with Gasteiger partial charge in [-0.2, -0.15) is 0 Å². The van der Waals surface area contributed by atoms with Crippen LogP contribution >= 0.6 is 12.2 Å². The largest absolute Gasteiger partial charge is 0.369 e. The summed E-state index contributed by atoms with van der Waals surface area (Å²) >= 11 is 5.22. The van der Waals surface area contributed by atoms with Gasteiger partial charge < -0.3 is 11.1 Å². The summed E-state index contributed by atoms with van der Waals surface area (Å²) in [7, 11) is 0. The van der Waals surface area contributed by atoms with E-state index in [-0.39, 0.29) is 4.99 Å². The SMILES string of the molecule is NC(=O)C(C(=S)Nc1ccccc1)c1ncccn1. The number of hydrogen-bond donors (Lipinski definition) is 2. The second-order valence-electron chi connectivity index (χ2n) is 3.80. The zero-order valence-electron chi connectivity index (χ0n) is 9.98. The van der Waals surface area contributed by atoms with Crippen LogP contribution in [0.1, 0.15) is 11.7 Å². The Morgan fingerprint density at radius 2 is 1.79 bits per heavy atom. The summed E-state index contributed by atoms with van der Waals surface area (Å²) in [6.07, 6.45) is 3.09. The number of benzene rings is 1. The molecule has 1 aromatic carbocycles. The van der Waals surface area contributed by atoms with Gasteiger partial charge >= 0.3 is 0 Å². The number of hydrogen-bond acceptors (Lipinski definition) is 4. The van der Waals surface area contributed by atoms with E-state index in [0.29, 0.717) is 5.82 Å². The fraction of sp³-hybridized carbons (Fsp3) is 0.0769. The summed E-state index contributed by atoms with van der Waals surface area (Å²) in [5, 5.41) is 2.97. The van der Waals surface area contributed by atoms with Crippen molar-refractivity contribution in [1.29, 1.82) is 0 Å². The lowest BCUT2D eigenvalue weighted by molar-refractivity contribution is -0.118. The van der Waals surface area contributed by atoms with Crippen LogP contribution in [0.25, 0.3) is 0 Å². The lowest BCUT2D eigenvalue weighted by Gasteiger charge is -2.15. The van der Waals surface area contributed by atoms with Gasteiger partial charge in [0.15, 0.2) is 0 Å². The molecule has 1 unspecified atom stereocenters. The van der Waals surface area contributed by atoms with Crippen molar-refractivity contribution in [2.24, 2.45) is 5.73 Å². The molecular weight excluding hydrogens is 260 g/mol. The first-order chi connectivity index (χ1) is 9.18. The van der Waals surface area contributed by atoms with Crippen LogP contribution in [-0.2, 0) is 4.79 Å². The lowest BCUT2D eigenvalue weighted by atomic mass is 10.1. The van der Waals surface area contributed by atoms with Crippen LogP contribution in [0.5, 0.6) is 0 Å². The third-order valence-corrected chi connectivity index (χ3v) is 2.77. The van der Waals surface area contributed by atoms with Crippen molar-refractivity contribution in [1.82, 2.24) is 9.97 Å². The van der Waals surface area contributed by atoms with E-state index in [2.05, 4.69) is 15.3 Å². The van der Waals surface area contributed by atoms with Crippen molar-refractivity contribution < 1.29 is 4.79 Å². The van der Waals surface area contributed by atoms with E-state index in [1.807, 2.05) is 30.3 Å². The van der Waals surface area contributed by atoms with Crippen LogP contribution in [-0.4, -0.2) is 20.9 Å². The average Bonchev–Trinajstić information content (AvgIpc) is 2.40. The maximum absolute atomic E-state index is 11.5. The fourth-order valence-corrected chi connectivity index (χ4v) is 1.91. The zero-order valence-corrected chi connectivity index (χ0v) is 10.8. The Balaban J connectivity index is 2.21. The number of amides is 1. The van der Waals surface area contributed by atoms with Gasteiger partial charge in [-0.3, -0.25) is 4.79 Å². The summed E-state index contributed by atoms with van der Waals surface area (Å²) in [6.45, 7) is 0. The summed E-state index contributed by atoms with van der Waals surface area (Å²) in [6, 6.07) is 11.0. The molecule has 2 aromatic rings. The molecule has 0 aliphatic heterocycles. The van der Waals surface area contributed by atoms with Gasteiger partial charge in [0, 0.05) is 18.1 Å². The summed E-state index contributed by atoms with van der Waals surface area (Å²) in [4.78, 5) is 19.9. The number of nitrogens with one attached hydrogen (secondary N) is 1. The maximum Gasteiger partial charge on any atom is 0.235 e. The molecule has 1 aromatic heterocycles. The van der Waals surface area contributed by atoms with Crippen molar-refractivity contribution in [3.63, 3.8) is 0 Å². The summed E-state index contributed by atoms with van der Waals surface area (Å²) in [5.74, 6) is -1.13. The molecule has 2 rings (SSSR count). The molecule has 5 nitrogen and oxygen atoms in total. The molecule has 1 heterocycles. The van der Waals surface area contributed by atoms with Crippen LogP contribution in [0.3, 0.4) is 0 Å². The number of carbonyl (C=O) groups is 1. The fourth-order valence-electron chi connectivity index (χ4n) is 1.57. The van der Waals surface area contributed by atoms with Gasteiger partial charge in [0.2, 0.25) is 5.91 Å². The number of thiocarbonyl (C=S) groups is 1. The van der Waals surface area contributed by atoms with Crippen molar-refractivity contribution >= 4 is 28.8 Å². The molecule has 0 aliphatic carbocycles. The van der Waals surface area contributed by atoms with Crippen LogP contribution in [0, 0.1) is 0 Å². The number of rotatable bonds is 4. The molecule has 0 spiro atoms. The van der Waals surface area contributed by atoms with Crippen LogP contribution in [0.15, 0.2) is 48.8 Å². The average molecular weight is 272 g/mol. The maximum atomic E-state index is 11.5. The van der Waals surface area contributed by atoms with Gasteiger partial charge in [0.1, 0.15) is 16.7 Å². The van der Waals surface area contributed by atoms with Crippen molar-refractivity contribution in [3.8, 4) is 0 Å². The standard InChI is InChI=1S/C13H12N4OS/c14-11(18)10(12-15-7-4-8-16-12)13(19)17-9-5-2-1-3-6-9/h1-8,10H,(H2,14,18)(H,17,19). The quantitative estimate of drug-likeness (QED) is 0.824. The first-order valence-electron chi connectivity index (χ1n) is 5.60. The minimum atomic E-state index is -0.837. The molecule has 1 atom stereocenters. The first kappa shape index (κ1) is 13.1. The van der Waals surface area contributed by atoms with Crippen LogP contribution < -0.4 is 11.1 Å². The molecular formula is C13H12N4OS. The van der Waals surface area contributed by atoms with E-state index < -0.39 is 11.8 Å². The topological polar surface area (TPSA) is 80.9 Å². The second kappa shape index (κ2) is 6.01. The van der Waals surface area contributed by atoms with Crippen molar-refractivity contribution in [2.75, 3.05) is 5.32 Å². The molecule has 0 fully saturated rings. The molecule has 0 radical (unpaired) electrons. The predicted molar refractivity (Wildman–Crippen MR) is 76.6 cm³/mol. The van der Waals surface area contributed by atoms with E-state index in [9.17, 15) is 4.79 Å². The molecule has 19 heavy (non-hydrogen) atoms. The molecule has 0 aliphatic rings. The highest BCUT2D eigenvalue weighted by atomic mass is 32.1. The van der Waals surface area contributed by atoms with Crippen LogP contribution in [0.2, 0.25) is 0 Å². The highest BCUT2D eigenvalue weighted by Crippen LogP contribution is 2.15. The Morgan fingerprint density at radius 1 is 1.16 bits per heavy atom. The Hall–Kier alpha value is -2.34. The van der Waals surface area contributed by atoms with E-state index in [0.717, 1.165) is 5.69 Å². The van der Waals surface area contributed by atoms with E-state index >= 15 is 0 Å². The molecule has 96 valence electrons. The summed E-state index contributed by atoms with van der Waals surface area (Å²) in [5.41, 5.74) is 6.16. The zero-order chi connectivity index (χ0) is 13.7. The highest BCUT2D eigenvalue weighted by molar-refractivity contribution is 7.80. The Morgan fingerprint density at radius 3 is 2.37 bits per heavy atom. The number of nitrogens with zero attached hydrogens (tertiary/aromatic N) is 2. The van der Waals surface area contributed by atoms with Crippen LogP contribution in [0.4, 0.5) is 5.69 Å². The van der Waals surface area contributed by atoms with Gasteiger partial charge in [-0.15, -0.1) is 0 Å². The second-order valence-corrected chi connectivity index (χ2v) is 4.24. The third kappa shape index (κ3) is 3.32. The highest BCUT2D eigenvalue weighted by Gasteiger charge is 2.25. The summed E-state index contributed by atoms with van der Waals surface area (Å²) < 4.78 is 0. The Labute approximate surface area is 115 Å². The normalized spacial score (nSPS) is 11.6. The molecule has 0 saturated carbocycles. The smallest absolute Gasteiger partial charge is 0.235 e. The van der Waals surface area contributed by atoms with Gasteiger partial charge in [0.05, 0.1) is 0 Å². The molecule has 6 heteroatoms. The molecule has 0 saturated heterocycles. The predicted octanol–water partition coefficient (Wildman–Crippen LogP) is 1.48. The van der Waals surface area contributed by atoms with E-state index in [4.69, 9.17) is 18.0 Å². The number of para-hydroxylation sites is 1. The number of aromatic nitrogens is 2. The number of nitrogens with two attached hydrogens (primary N) is 1. The Bertz CT molecular complexity index is 574. The minimum absolute atomic E-state index is 0.282. The van der Waals surface area contributed by atoms with Crippen molar-refractivity contribution in [2.45, 2.75) is 5.92 Å². The lowest BCUT2D eigenvalue weighted by Crippen LogP contribution is -2.32. The van der Waals surface area contributed by atoms with Gasteiger partial charge in [-0.25, -0.2) is 9.97 Å². The Kier molecular flexibility index (Phi) is 4.15. The molecule has 3 N–H and O–H groups in total. The van der Waals surface area contributed by atoms with E-state index in [1.165, 1.54) is 0 Å².